The molecule has 1 fully saturated rings. The molecule has 1 aromatic rings. The molecule has 0 heterocycles. The van der Waals surface area contributed by atoms with E-state index in [-0.39, 0.29) is 18.7 Å². The monoisotopic (exact) mass is 248 g/mol. The van der Waals surface area contributed by atoms with Crippen molar-refractivity contribution in [2.75, 3.05) is 13.2 Å². The predicted octanol–water partition coefficient (Wildman–Crippen LogP) is 3.11. The van der Waals surface area contributed by atoms with Crippen LogP contribution in [0.3, 0.4) is 0 Å². The van der Waals surface area contributed by atoms with Crippen molar-refractivity contribution in [1.29, 1.82) is 0 Å². The van der Waals surface area contributed by atoms with E-state index in [0.717, 1.165) is 5.56 Å². The molecule has 1 atom stereocenters. The molecule has 2 rings (SSSR count). The minimum Gasteiger partial charge on any atom is -0.464 e. The van der Waals surface area contributed by atoms with E-state index in [1.807, 2.05) is 18.2 Å². The van der Waals surface area contributed by atoms with Crippen molar-refractivity contribution >= 4 is 5.97 Å². The number of benzene rings is 1. The highest BCUT2D eigenvalue weighted by atomic mass is 16.6. The van der Waals surface area contributed by atoms with Gasteiger partial charge in [0.05, 0.1) is 12.7 Å². The molecule has 1 aliphatic carbocycles. The summed E-state index contributed by atoms with van der Waals surface area (Å²) in [6, 6.07) is 10.1. The van der Waals surface area contributed by atoms with Gasteiger partial charge in [-0.3, -0.25) is 0 Å². The average molecular weight is 248 g/mol. The van der Waals surface area contributed by atoms with Crippen LogP contribution >= 0.6 is 0 Å². The first-order valence-corrected chi connectivity index (χ1v) is 6.63. The third-order valence-corrected chi connectivity index (χ3v) is 3.39. The second-order valence-corrected chi connectivity index (χ2v) is 4.64. The molecule has 0 saturated heterocycles. The van der Waals surface area contributed by atoms with E-state index in [1.165, 1.54) is 19.3 Å². The zero-order valence-corrected chi connectivity index (χ0v) is 10.8. The zero-order valence-electron chi connectivity index (χ0n) is 10.8. The fourth-order valence-electron chi connectivity index (χ4n) is 2.25. The van der Waals surface area contributed by atoms with Crippen molar-refractivity contribution in [2.45, 2.75) is 32.3 Å². The van der Waals surface area contributed by atoms with Gasteiger partial charge in [0, 0.05) is 0 Å². The Morgan fingerprint density at radius 3 is 2.61 bits per heavy atom. The van der Waals surface area contributed by atoms with E-state index in [9.17, 15) is 4.79 Å². The molecule has 3 heteroatoms. The van der Waals surface area contributed by atoms with Crippen LogP contribution in [0.2, 0.25) is 0 Å². The molecule has 0 N–H and O–H groups in total. The van der Waals surface area contributed by atoms with Gasteiger partial charge in [0.25, 0.3) is 0 Å². The van der Waals surface area contributed by atoms with Gasteiger partial charge in [-0.25, -0.2) is 4.79 Å². The Morgan fingerprint density at radius 1 is 1.33 bits per heavy atom. The molecule has 98 valence electrons. The normalized spacial score (nSPS) is 16.9. The van der Waals surface area contributed by atoms with Crippen LogP contribution in [-0.2, 0) is 14.3 Å². The van der Waals surface area contributed by atoms with Gasteiger partial charge >= 0.3 is 5.97 Å². The van der Waals surface area contributed by atoms with E-state index >= 15 is 0 Å². The van der Waals surface area contributed by atoms with E-state index in [4.69, 9.17) is 9.47 Å². The molecule has 0 aromatic heterocycles. The van der Waals surface area contributed by atoms with Crippen molar-refractivity contribution < 1.29 is 14.3 Å². The maximum Gasteiger partial charge on any atom is 0.332 e. The summed E-state index contributed by atoms with van der Waals surface area (Å²) < 4.78 is 10.7. The van der Waals surface area contributed by atoms with Crippen LogP contribution in [0.25, 0.3) is 0 Å². The third kappa shape index (κ3) is 3.33. The molecule has 0 spiro atoms. The fourth-order valence-corrected chi connectivity index (χ4v) is 2.25. The second-order valence-electron chi connectivity index (χ2n) is 4.64. The van der Waals surface area contributed by atoms with Crippen LogP contribution in [0, 0.1) is 5.92 Å². The molecule has 0 radical (unpaired) electrons. The maximum absolute atomic E-state index is 11.4. The first-order valence-electron chi connectivity index (χ1n) is 6.63. The zero-order chi connectivity index (χ0) is 12.8. The standard InChI is InChI=1S/C15H20O3/c1-2-17-14(16)11-18-15(13-9-6-10-13)12-7-4-3-5-8-12/h3-5,7-8,13,15H,2,6,9-11H2,1H3. The first kappa shape index (κ1) is 13.1. The highest BCUT2D eigenvalue weighted by molar-refractivity contribution is 5.70. The molecule has 1 aliphatic rings. The predicted molar refractivity (Wildman–Crippen MR) is 69.1 cm³/mol. The molecule has 0 bridgehead atoms. The molecule has 1 saturated carbocycles. The van der Waals surface area contributed by atoms with Crippen LogP contribution in [-0.4, -0.2) is 19.2 Å². The summed E-state index contributed by atoms with van der Waals surface area (Å²) in [7, 11) is 0. The number of ether oxygens (including phenoxy) is 2. The Hall–Kier alpha value is -1.35. The summed E-state index contributed by atoms with van der Waals surface area (Å²) in [5.41, 5.74) is 1.16. The lowest BCUT2D eigenvalue weighted by molar-refractivity contribution is -0.152. The third-order valence-electron chi connectivity index (χ3n) is 3.39. The van der Waals surface area contributed by atoms with E-state index in [2.05, 4.69) is 12.1 Å². The number of carbonyl (C=O) groups is 1. The molecule has 3 nitrogen and oxygen atoms in total. The SMILES string of the molecule is CCOC(=O)COC(c1ccccc1)C1CCC1. The Bertz CT molecular complexity index is 371. The van der Waals surface area contributed by atoms with Crippen molar-refractivity contribution in [3.63, 3.8) is 0 Å². The van der Waals surface area contributed by atoms with Crippen LogP contribution < -0.4 is 0 Å². The minimum atomic E-state index is -0.280. The largest absolute Gasteiger partial charge is 0.464 e. The fraction of sp³-hybridized carbons (Fsp3) is 0.533. The Morgan fingerprint density at radius 2 is 2.06 bits per heavy atom. The van der Waals surface area contributed by atoms with Crippen LogP contribution in [0.1, 0.15) is 37.9 Å². The van der Waals surface area contributed by atoms with E-state index in [1.54, 1.807) is 6.92 Å². The van der Waals surface area contributed by atoms with Crippen molar-refractivity contribution in [3.8, 4) is 0 Å². The summed E-state index contributed by atoms with van der Waals surface area (Å²) in [4.78, 5) is 11.4. The number of hydrogen-bond acceptors (Lipinski definition) is 3. The number of hydrogen-bond donors (Lipinski definition) is 0. The van der Waals surface area contributed by atoms with Gasteiger partial charge in [0.15, 0.2) is 0 Å². The van der Waals surface area contributed by atoms with Gasteiger partial charge in [0.2, 0.25) is 0 Å². The van der Waals surface area contributed by atoms with Crippen molar-refractivity contribution in [3.05, 3.63) is 35.9 Å². The van der Waals surface area contributed by atoms with Crippen molar-refractivity contribution in [2.24, 2.45) is 5.92 Å². The Balaban J connectivity index is 1.95. The molecular weight excluding hydrogens is 228 g/mol. The van der Waals surface area contributed by atoms with Gasteiger partial charge in [-0.1, -0.05) is 36.8 Å². The van der Waals surface area contributed by atoms with E-state index in [0.29, 0.717) is 12.5 Å². The molecule has 1 aromatic carbocycles. The molecule has 0 amide bonds. The summed E-state index contributed by atoms with van der Waals surface area (Å²) in [6.45, 7) is 2.25. The summed E-state index contributed by atoms with van der Waals surface area (Å²) >= 11 is 0. The number of rotatable bonds is 6. The highest BCUT2D eigenvalue weighted by Crippen LogP contribution is 2.39. The first-order chi connectivity index (χ1) is 8.81. The second kappa shape index (κ2) is 6.55. The van der Waals surface area contributed by atoms with Gasteiger partial charge in [-0.2, -0.15) is 0 Å². The minimum absolute atomic E-state index is 0.0318. The van der Waals surface area contributed by atoms with Crippen LogP contribution in [0.4, 0.5) is 0 Å². The maximum atomic E-state index is 11.4. The summed E-state index contributed by atoms with van der Waals surface area (Å²) in [5, 5.41) is 0. The lowest BCUT2D eigenvalue weighted by Crippen LogP contribution is -2.25. The van der Waals surface area contributed by atoms with Gasteiger partial charge in [0.1, 0.15) is 6.61 Å². The molecule has 0 aliphatic heterocycles. The summed E-state index contributed by atoms with van der Waals surface area (Å²) in [5.74, 6) is 0.264. The van der Waals surface area contributed by atoms with Gasteiger partial charge in [-0.15, -0.1) is 0 Å². The van der Waals surface area contributed by atoms with Crippen LogP contribution in [0.5, 0.6) is 0 Å². The average Bonchev–Trinajstić information content (AvgIpc) is 2.33. The van der Waals surface area contributed by atoms with Gasteiger partial charge in [-0.05, 0) is 31.2 Å². The van der Waals surface area contributed by atoms with Crippen molar-refractivity contribution in [1.82, 2.24) is 0 Å². The lowest BCUT2D eigenvalue weighted by Gasteiger charge is -2.33. The lowest BCUT2D eigenvalue weighted by atomic mass is 9.78. The smallest absolute Gasteiger partial charge is 0.332 e. The molecular formula is C15H20O3. The quantitative estimate of drug-likeness (QED) is 0.726. The number of esters is 1. The summed E-state index contributed by atoms with van der Waals surface area (Å²) in [6.07, 6.45) is 3.66. The number of carbonyl (C=O) groups excluding carboxylic acids is 1. The topological polar surface area (TPSA) is 35.5 Å². The Labute approximate surface area is 108 Å². The van der Waals surface area contributed by atoms with Crippen LogP contribution in [0.15, 0.2) is 30.3 Å². The molecule has 1 unspecified atom stereocenters. The Kier molecular flexibility index (Phi) is 4.76. The molecule has 18 heavy (non-hydrogen) atoms. The highest BCUT2D eigenvalue weighted by Gasteiger charge is 2.29. The van der Waals surface area contributed by atoms with E-state index < -0.39 is 0 Å². The van der Waals surface area contributed by atoms with Gasteiger partial charge < -0.3 is 9.47 Å².